The van der Waals surface area contributed by atoms with Gasteiger partial charge in [-0.1, -0.05) is 31.0 Å². The number of amides is 3. The third-order valence-corrected chi connectivity index (χ3v) is 5.05. The minimum absolute atomic E-state index is 0.0258. The van der Waals surface area contributed by atoms with Gasteiger partial charge in [0.05, 0.1) is 12.1 Å². The van der Waals surface area contributed by atoms with E-state index in [1.54, 1.807) is 11.0 Å². The Morgan fingerprint density at radius 1 is 1.07 bits per heavy atom. The van der Waals surface area contributed by atoms with Crippen LogP contribution in [0.15, 0.2) is 24.3 Å². The van der Waals surface area contributed by atoms with Crippen molar-refractivity contribution in [2.75, 3.05) is 6.54 Å². The van der Waals surface area contributed by atoms with E-state index in [0.717, 1.165) is 44.6 Å². The van der Waals surface area contributed by atoms with Crippen molar-refractivity contribution in [3.63, 3.8) is 0 Å². The molecule has 1 aromatic carbocycles. The fourth-order valence-electron chi connectivity index (χ4n) is 3.55. The van der Waals surface area contributed by atoms with Crippen molar-refractivity contribution in [3.05, 3.63) is 35.4 Å². The number of hydrogen-bond acceptors (Lipinski definition) is 3. The average molecular weight is 383 g/mol. The second-order valence-corrected chi connectivity index (χ2v) is 7.29. The smallest absolute Gasteiger partial charge is 0.335 e. The van der Waals surface area contributed by atoms with Crippen molar-refractivity contribution in [3.8, 4) is 0 Å². The predicted molar refractivity (Wildman–Crippen MR) is 93.8 cm³/mol. The molecule has 5 nitrogen and oxygen atoms in total. The molecule has 3 rings (SSSR count). The normalized spacial score (nSPS) is 17.9. The molecule has 27 heavy (non-hydrogen) atoms. The van der Waals surface area contributed by atoms with E-state index in [4.69, 9.17) is 0 Å². The van der Waals surface area contributed by atoms with E-state index in [2.05, 4.69) is 10.6 Å². The Balaban J connectivity index is 1.58. The summed E-state index contributed by atoms with van der Waals surface area (Å²) in [7, 11) is 0. The number of benzene rings is 1. The van der Waals surface area contributed by atoms with Crippen LogP contribution >= 0.6 is 0 Å². The van der Waals surface area contributed by atoms with E-state index >= 15 is 0 Å². The molecule has 3 amide bonds. The Kier molecular flexibility index (Phi) is 6.04. The second kappa shape index (κ2) is 8.29. The summed E-state index contributed by atoms with van der Waals surface area (Å²) in [6.07, 6.45) is 1.19. The first-order chi connectivity index (χ1) is 12.8. The number of alkyl halides is 3. The summed E-state index contributed by atoms with van der Waals surface area (Å²) in [5.74, 6) is -0.498. The van der Waals surface area contributed by atoms with Gasteiger partial charge in [-0.2, -0.15) is 13.2 Å². The molecule has 0 aromatic heterocycles. The van der Waals surface area contributed by atoms with E-state index in [9.17, 15) is 22.8 Å². The van der Waals surface area contributed by atoms with Gasteiger partial charge in [-0.25, -0.2) is 4.79 Å². The fourth-order valence-corrected chi connectivity index (χ4v) is 3.55. The highest BCUT2D eigenvalue weighted by atomic mass is 19.4. The molecule has 2 aliphatic rings. The molecule has 0 spiro atoms. The van der Waals surface area contributed by atoms with Gasteiger partial charge in [-0.3, -0.25) is 15.0 Å². The van der Waals surface area contributed by atoms with Crippen LogP contribution in [0.25, 0.3) is 0 Å². The maximum Gasteiger partial charge on any atom is 0.416 e. The van der Waals surface area contributed by atoms with Crippen molar-refractivity contribution >= 4 is 11.9 Å². The van der Waals surface area contributed by atoms with Gasteiger partial charge in [0.25, 0.3) is 0 Å². The molecule has 2 fully saturated rings. The number of carbonyl (C=O) groups is 2. The number of nitrogens with one attached hydrogen (secondary N) is 2. The number of rotatable bonds is 6. The highest BCUT2D eigenvalue weighted by molar-refractivity contribution is 5.95. The molecular weight excluding hydrogens is 359 g/mol. The van der Waals surface area contributed by atoms with Crippen LogP contribution in [0.1, 0.15) is 49.7 Å². The molecule has 1 aromatic rings. The SMILES string of the molecule is O=C(CN(Cc1ccccc1C(F)(F)F)C1CC1)NC(=O)NC1CCCC1. The lowest BCUT2D eigenvalue weighted by atomic mass is 10.1. The number of nitrogens with zero attached hydrogens (tertiary/aromatic N) is 1. The standard InChI is InChI=1S/C19H24F3N3O2/c20-19(21,22)16-8-4-1-5-13(16)11-25(15-9-10-15)12-17(26)24-18(27)23-14-6-2-3-7-14/h1,4-5,8,14-15H,2-3,6-7,9-12H2,(H2,23,24,26,27). The molecule has 2 aliphatic carbocycles. The van der Waals surface area contributed by atoms with Crippen LogP contribution in [0.3, 0.4) is 0 Å². The number of carbonyl (C=O) groups excluding carboxylic acids is 2. The molecule has 0 unspecified atom stereocenters. The van der Waals surface area contributed by atoms with E-state index in [1.165, 1.54) is 12.1 Å². The van der Waals surface area contributed by atoms with Crippen LogP contribution in [-0.2, 0) is 17.5 Å². The van der Waals surface area contributed by atoms with Crippen molar-refractivity contribution in [1.29, 1.82) is 0 Å². The maximum atomic E-state index is 13.2. The van der Waals surface area contributed by atoms with Crippen molar-refractivity contribution in [2.45, 2.75) is 63.3 Å². The largest absolute Gasteiger partial charge is 0.416 e. The molecule has 0 saturated heterocycles. The maximum absolute atomic E-state index is 13.2. The number of halogens is 3. The molecule has 148 valence electrons. The van der Waals surface area contributed by atoms with Crippen molar-refractivity contribution in [1.82, 2.24) is 15.5 Å². The van der Waals surface area contributed by atoms with Gasteiger partial charge in [0.1, 0.15) is 0 Å². The zero-order valence-electron chi connectivity index (χ0n) is 15.0. The van der Waals surface area contributed by atoms with Crippen LogP contribution in [0.5, 0.6) is 0 Å². The highest BCUT2D eigenvalue weighted by Crippen LogP contribution is 2.34. The summed E-state index contributed by atoms with van der Waals surface area (Å²) in [4.78, 5) is 25.8. The van der Waals surface area contributed by atoms with Gasteiger partial charge in [-0.05, 0) is 37.3 Å². The van der Waals surface area contributed by atoms with E-state index in [0.29, 0.717) is 0 Å². The Labute approximate surface area is 156 Å². The molecule has 8 heteroatoms. The first-order valence-corrected chi connectivity index (χ1v) is 9.32. The molecule has 0 heterocycles. The Morgan fingerprint density at radius 2 is 1.74 bits per heavy atom. The molecule has 2 saturated carbocycles. The van der Waals surface area contributed by atoms with Gasteiger partial charge < -0.3 is 5.32 Å². The molecule has 0 radical (unpaired) electrons. The average Bonchev–Trinajstić information content (AvgIpc) is 3.32. The highest BCUT2D eigenvalue weighted by Gasteiger charge is 2.36. The van der Waals surface area contributed by atoms with Crippen LogP contribution in [0, 0.1) is 0 Å². The quantitative estimate of drug-likeness (QED) is 0.791. The molecule has 0 bridgehead atoms. The molecule has 2 N–H and O–H groups in total. The zero-order chi connectivity index (χ0) is 19.4. The number of hydrogen-bond donors (Lipinski definition) is 2. The number of imide groups is 1. The Morgan fingerprint density at radius 3 is 2.37 bits per heavy atom. The van der Waals surface area contributed by atoms with Crippen LogP contribution in [-0.4, -0.2) is 35.5 Å². The number of urea groups is 1. The lowest BCUT2D eigenvalue weighted by molar-refractivity contribution is -0.138. The third-order valence-electron chi connectivity index (χ3n) is 5.05. The van der Waals surface area contributed by atoms with Crippen molar-refractivity contribution < 1.29 is 22.8 Å². The summed E-state index contributed by atoms with van der Waals surface area (Å²) >= 11 is 0. The topological polar surface area (TPSA) is 61.4 Å². The summed E-state index contributed by atoms with van der Waals surface area (Å²) < 4.78 is 39.6. The van der Waals surface area contributed by atoms with Gasteiger partial charge in [0, 0.05) is 18.6 Å². The second-order valence-electron chi connectivity index (χ2n) is 7.29. The van der Waals surface area contributed by atoms with E-state index < -0.39 is 23.7 Å². The summed E-state index contributed by atoms with van der Waals surface area (Å²) in [6.45, 7) is -0.0764. The first kappa shape index (κ1) is 19.7. The van der Waals surface area contributed by atoms with Crippen molar-refractivity contribution in [2.24, 2.45) is 0 Å². The van der Waals surface area contributed by atoms with Gasteiger partial charge >= 0.3 is 12.2 Å². The fraction of sp³-hybridized carbons (Fsp3) is 0.579. The van der Waals surface area contributed by atoms with Gasteiger partial charge in [-0.15, -0.1) is 0 Å². The Bertz CT molecular complexity index is 683. The molecule has 0 atom stereocenters. The lowest BCUT2D eigenvalue weighted by Crippen LogP contribution is -2.47. The van der Waals surface area contributed by atoms with Gasteiger partial charge in [0.2, 0.25) is 5.91 Å². The van der Waals surface area contributed by atoms with Crippen LogP contribution in [0.2, 0.25) is 0 Å². The lowest BCUT2D eigenvalue weighted by Gasteiger charge is -2.23. The van der Waals surface area contributed by atoms with E-state index in [-0.39, 0.29) is 30.7 Å². The van der Waals surface area contributed by atoms with Crippen LogP contribution in [0.4, 0.5) is 18.0 Å². The molecule has 0 aliphatic heterocycles. The minimum atomic E-state index is -4.44. The zero-order valence-corrected chi connectivity index (χ0v) is 15.0. The predicted octanol–water partition coefficient (Wildman–Crippen LogP) is 3.44. The van der Waals surface area contributed by atoms with E-state index in [1.807, 2.05) is 0 Å². The third kappa shape index (κ3) is 5.69. The molecular formula is C19H24F3N3O2. The first-order valence-electron chi connectivity index (χ1n) is 9.32. The summed E-state index contributed by atoms with van der Waals surface area (Å²) in [6, 6.07) is 5.04. The summed E-state index contributed by atoms with van der Waals surface area (Å²) in [5, 5.41) is 5.07. The minimum Gasteiger partial charge on any atom is -0.335 e. The monoisotopic (exact) mass is 383 g/mol. The summed E-state index contributed by atoms with van der Waals surface area (Å²) in [5.41, 5.74) is -0.546. The van der Waals surface area contributed by atoms with Crippen LogP contribution < -0.4 is 10.6 Å². The van der Waals surface area contributed by atoms with Gasteiger partial charge in [0.15, 0.2) is 0 Å². The Hall–Kier alpha value is -2.09.